The molecule has 0 N–H and O–H groups in total. The molecule has 114 valence electrons. The highest BCUT2D eigenvalue weighted by molar-refractivity contribution is 7.13. The maximum atomic E-state index is 5.81. The highest BCUT2D eigenvalue weighted by Crippen LogP contribution is 2.25. The summed E-state index contributed by atoms with van der Waals surface area (Å²) in [7, 11) is 2.11. The number of nitrogens with zero attached hydrogens (tertiary/aromatic N) is 2. The molecule has 0 atom stereocenters. The minimum atomic E-state index is 0.469. The average Bonchev–Trinajstić information content (AvgIpc) is 2.97. The van der Waals surface area contributed by atoms with Crippen molar-refractivity contribution >= 4 is 22.9 Å². The summed E-state index contributed by atoms with van der Waals surface area (Å²) in [6.45, 7) is 5.42. The van der Waals surface area contributed by atoms with Crippen LogP contribution in [-0.4, -0.2) is 36.7 Å². The van der Waals surface area contributed by atoms with E-state index in [0.29, 0.717) is 5.88 Å². The van der Waals surface area contributed by atoms with Crippen LogP contribution in [0.1, 0.15) is 18.2 Å². The van der Waals surface area contributed by atoms with E-state index in [-0.39, 0.29) is 0 Å². The largest absolute Gasteiger partial charge is 0.380 e. The fourth-order valence-electron chi connectivity index (χ4n) is 2.06. The molecule has 0 fully saturated rings. The van der Waals surface area contributed by atoms with Crippen molar-refractivity contribution in [3.8, 4) is 10.6 Å². The molecule has 21 heavy (non-hydrogen) atoms. The van der Waals surface area contributed by atoms with Gasteiger partial charge in [-0.25, -0.2) is 4.98 Å². The molecule has 3 nitrogen and oxygen atoms in total. The summed E-state index contributed by atoms with van der Waals surface area (Å²) in [6.07, 6.45) is 0. The number of rotatable bonds is 8. The minimum absolute atomic E-state index is 0.469. The Morgan fingerprint density at radius 3 is 2.95 bits per heavy atom. The molecular weight excluding hydrogens is 304 g/mol. The van der Waals surface area contributed by atoms with Crippen molar-refractivity contribution < 1.29 is 4.74 Å². The van der Waals surface area contributed by atoms with Crippen molar-refractivity contribution in [2.24, 2.45) is 0 Å². The average molecular weight is 325 g/mol. The zero-order chi connectivity index (χ0) is 15.1. The Morgan fingerprint density at radius 2 is 2.24 bits per heavy atom. The Bertz CT molecular complexity index is 559. The number of thiazole rings is 1. The lowest BCUT2D eigenvalue weighted by Gasteiger charge is -2.16. The zero-order valence-corrected chi connectivity index (χ0v) is 14.1. The maximum Gasteiger partial charge on any atom is 0.123 e. The molecule has 0 aliphatic rings. The van der Waals surface area contributed by atoms with Gasteiger partial charge in [0.25, 0.3) is 0 Å². The van der Waals surface area contributed by atoms with E-state index in [1.54, 1.807) is 11.3 Å². The van der Waals surface area contributed by atoms with Gasteiger partial charge in [-0.15, -0.1) is 22.9 Å². The number of halogens is 1. The molecule has 1 aromatic heterocycles. The van der Waals surface area contributed by atoms with E-state index in [4.69, 9.17) is 16.3 Å². The number of benzene rings is 1. The topological polar surface area (TPSA) is 25.4 Å². The van der Waals surface area contributed by atoms with Gasteiger partial charge in [-0.05, 0) is 25.6 Å². The predicted octanol–water partition coefficient (Wildman–Crippen LogP) is 4.02. The first-order valence-corrected chi connectivity index (χ1v) is 8.50. The van der Waals surface area contributed by atoms with E-state index in [1.807, 2.05) is 12.3 Å². The highest BCUT2D eigenvalue weighted by atomic mass is 35.5. The summed E-state index contributed by atoms with van der Waals surface area (Å²) in [5.41, 5.74) is 3.39. The first kappa shape index (κ1) is 16.4. The third-order valence-electron chi connectivity index (χ3n) is 3.14. The van der Waals surface area contributed by atoms with Gasteiger partial charge in [0.1, 0.15) is 5.01 Å². The molecule has 0 spiro atoms. The molecule has 0 aliphatic carbocycles. The van der Waals surface area contributed by atoms with Crippen LogP contribution in [-0.2, 0) is 17.2 Å². The van der Waals surface area contributed by atoms with Gasteiger partial charge in [0.15, 0.2) is 0 Å². The Kier molecular flexibility index (Phi) is 6.64. The van der Waals surface area contributed by atoms with Crippen LogP contribution in [0, 0.1) is 0 Å². The lowest BCUT2D eigenvalue weighted by molar-refractivity contribution is 0.120. The second-order valence-electron chi connectivity index (χ2n) is 4.91. The second-order valence-corrected chi connectivity index (χ2v) is 6.04. The van der Waals surface area contributed by atoms with Crippen molar-refractivity contribution in [1.29, 1.82) is 0 Å². The molecule has 0 radical (unpaired) electrons. The van der Waals surface area contributed by atoms with Crippen LogP contribution in [0.15, 0.2) is 29.6 Å². The Hall–Kier alpha value is -0.940. The highest BCUT2D eigenvalue weighted by Gasteiger charge is 2.06. The van der Waals surface area contributed by atoms with Gasteiger partial charge >= 0.3 is 0 Å². The Labute approximate surface area is 135 Å². The smallest absolute Gasteiger partial charge is 0.123 e. The predicted molar refractivity (Wildman–Crippen MR) is 89.9 cm³/mol. The Balaban J connectivity index is 2.00. The quantitative estimate of drug-likeness (QED) is 0.542. The summed E-state index contributed by atoms with van der Waals surface area (Å²) in [5.74, 6) is 0.469. The van der Waals surface area contributed by atoms with Crippen LogP contribution in [0.2, 0.25) is 0 Å². The van der Waals surface area contributed by atoms with E-state index in [2.05, 4.69) is 41.2 Å². The molecule has 0 bridgehead atoms. The lowest BCUT2D eigenvalue weighted by Crippen LogP contribution is -2.22. The summed E-state index contributed by atoms with van der Waals surface area (Å²) >= 11 is 7.46. The first-order valence-electron chi connectivity index (χ1n) is 7.09. The third kappa shape index (κ3) is 5.08. The molecule has 2 rings (SSSR count). The summed E-state index contributed by atoms with van der Waals surface area (Å²) in [6, 6.07) is 8.54. The van der Waals surface area contributed by atoms with Crippen molar-refractivity contribution in [2.75, 3.05) is 26.8 Å². The van der Waals surface area contributed by atoms with Crippen LogP contribution in [0.3, 0.4) is 0 Å². The van der Waals surface area contributed by atoms with Crippen molar-refractivity contribution in [3.05, 3.63) is 40.9 Å². The van der Waals surface area contributed by atoms with Gasteiger partial charge in [-0.2, -0.15) is 0 Å². The van der Waals surface area contributed by atoms with E-state index < -0.39 is 0 Å². The molecule has 2 aromatic rings. The van der Waals surface area contributed by atoms with E-state index >= 15 is 0 Å². The van der Waals surface area contributed by atoms with Gasteiger partial charge in [0.2, 0.25) is 0 Å². The molecular formula is C16H21ClN2OS. The molecule has 1 aromatic carbocycles. The number of aromatic nitrogens is 1. The van der Waals surface area contributed by atoms with Gasteiger partial charge in [-0.1, -0.05) is 18.2 Å². The molecule has 0 saturated carbocycles. The molecule has 0 amide bonds. The van der Waals surface area contributed by atoms with Crippen LogP contribution >= 0.6 is 22.9 Å². The van der Waals surface area contributed by atoms with Gasteiger partial charge < -0.3 is 4.74 Å². The monoisotopic (exact) mass is 324 g/mol. The van der Waals surface area contributed by atoms with Crippen LogP contribution in [0.5, 0.6) is 0 Å². The molecule has 1 heterocycles. The van der Waals surface area contributed by atoms with Gasteiger partial charge in [0, 0.05) is 30.6 Å². The fraction of sp³-hybridized carbons (Fsp3) is 0.438. The number of hydrogen-bond acceptors (Lipinski definition) is 4. The van der Waals surface area contributed by atoms with Gasteiger partial charge in [-0.3, -0.25) is 4.90 Å². The van der Waals surface area contributed by atoms with Crippen molar-refractivity contribution in [3.63, 3.8) is 0 Å². The van der Waals surface area contributed by atoms with Gasteiger partial charge in [0.05, 0.1) is 18.2 Å². The first-order chi connectivity index (χ1) is 10.2. The molecule has 5 heteroatoms. The summed E-state index contributed by atoms with van der Waals surface area (Å²) < 4.78 is 5.39. The van der Waals surface area contributed by atoms with E-state index in [0.717, 1.165) is 42.6 Å². The SMILES string of the molecule is CCOCCN(C)Cc1cccc(-c2nc(CCl)cs2)c1. The fourth-order valence-corrected chi connectivity index (χ4v) is 3.10. The van der Waals surface area contributed by atoms with E-state index in [1.165, 1.54) is 5.56 Å². The number of alkyl halides is 1. The lowest BCUT2D eigenvalue weighted by atomic mass is 10.1. The normalized spacial score (nSPS) is 11.2. The summed E-state index contributed by atoms with van der Waals surface area (Å²) in [4.78, 5) is 6.80. The molecule has 0 unspecified atom stereocenters. The minimum Gasteiger partial charge on any atom is -0.380 e. The van der Waals surface area contributed by atoms with Crippen molar-refractivity contribution in [2.45, 2.75) is 19.3 Å². The maximum absolute atomic E-state index is 5.81. The molecule has 0 aliphatic heterocycles. The van der Waals surface area contributed by atoms with Crippen LogP contribution in [0.4, 0.5) is 0 Å². The van der Waals surface area contributed by atoms with E-state index in [9.17, 15) is 0 Å². The Morgan fingerprint density at radius 1 is 1.38 bits per heavy atom. The molecule has 0 saturated heterocycles. The second kappa shape index (κ2) is 8.49. The standard InChI is InChI=1S/C16H21ClN2OS/c1-3-20-8-7-19(2)11-13-5-4-6-14(9-13)16-18-15(10-17)12-21-16/h4-6,9,12H,3,7-8,10-11H2,1-2H3. The van der Waals surface area contributed by atoms with Crippen molar-refractivity contribution in [1.82, 2.24) is 9.88 Å². The number of hydrogen-bond donors (Lipinski definition) is 0. The zero-order valence-electron chi connectivity index (χ0n) is 12.5. The summed E-state index contributed by atoms with van der Waals surface area (Å²) in [5, 5.41) is 3.05. The number of ether oxygens (including phenoxy) is 1. The third-order valence-corrected chi connectivity index (χ3v) is 4.35. The van der Waals surface area contributed by atoms with Crippen LogP contribution < -0.4 is 0 Å². The number of likely N-dealkylation sites (N-methyl/N-ethyl adjacent to an activating group) is 1. The van der Waals surface area contributed by atoms with Crippen LogP contribution in [0.25, 0.3) is 10.6 Å².